The molecule has 1 heterocycles. The molecule has 1 aliphatic rings. The predicted molar refractivity (Wildman–Crippen MR) is 66.3 cm³/mol. The van der Waals surface area contributed by atoms with Gasteiger partial charge in [-0.2, -0.15) is 0 Å². The summed E-state index contributed by atoms with van der Waals surface area (Å²) in [6.07, 6.45) is 0.793. The zero-order chi connectivity index (χ0) is 12.3. The second-order valence-corrected chi connectivity index (χ2v) is 4.30. The second kappa shape index (κ2) is 4.99. The number of benzene rings is 1. The third-order valence-corrected chi connectivity index (χ3v) is 2.97. The zero-order valence-corrected chi connectivity index (χ0v) is 9.76. The molecule has 17 heavy (non-hydrogen) atoms. The number of nitrogens with one attached hydrogen (secondary N) is 1. The lowest BCUT2D eigenvalue weighted by molar-refractivity contribution is -0.138. The highest BCUT2D eigenvalue weighted by Crippen LogP contribution is 2.24. The van der Waals surface area contributed by atoms with Crippen LogP contribution in [0.25, 0.3) is 0 Å². The van der Waals surface area contributed by atoms with E-state index in [9.17, 15) is 4.79 Å². The average Bonchev–Trinajstić information content (AvgIpc) is 2.78. The van der Waals surface area contributed by atoms with Gasteiger partial charge in [-0.15, -0.1) is 0 Å². The van der Waals surface area contributed by atoms with Gasteiger partial charge in [0.15, 0.2) is 0 Å². The molecule has 0 spiro atoms. The molecule has 0 aliphatic carbocycles. The van der Waals surface area contributed by atoms with E-state index in [0.29, 0.717) is 5.92 Å². The smallest absolute Gasteiger partial charge is 0.325 e. The lowest BCUT2D eigenvalue weighted by atomic mass is 9.97. The summed E-state index contributed by atoms with van der Waals surface area (Å²) >= 11 is 0. The molecule has 0 saturated heterocycles. The van der Waals surface area contributed by atoms with Gasteiger partial charge in [0.25, 0.3) is 0 Å². The Morgan fingerprint density at radius 2 is 2.18 bits per heavy atom. The number of carboxylic acid groups (broad SMARTS) is 1. The van der Waals surface area contributed by atoms with Crippen LogP contribution in [0, 0.1) is 0 Å². The molecule has 0 bridgehead atoms. The van der Waals surface area contributed by atoms with Gasteiger partial charge in [-0.1, -0.05) is 30.3 Å². The van der Waals surface area contributed by atoms with Crippen LogP contribution in [-0.4, -0.2) is 29.5 Å². The molecule has 1 aromatic rings. The number of aliphatic carboxylic acids is 1. The summed E-state index contributed by atoms with van der Waals surface area (Å²) in [7, 11) is 0. The Bertz CT molecular complexity index is 428. The van der Waals surface area contributed by atoms with Crippen molar-refractivity contribution < 1.29 is 9.90 Å². The molecule has 2 atom stereocenters. The minimum Gasteiger partial charge on any atom is -0.480 e. The quantitative estimate of drug-likeness (QED) is 0.832. The van der Waals surface area contributed by atoms with Crippen molar-refractivity contribution in [2.75, 3.05) is 6.54 Å². The van der Waals surface area contributed by atoms with Crippen molar-refractivity contribution in [1.29, 1.82) is 0 Å². The van der Waals surface area contributed by atoms with Crippen LogP contribution >= 0.6 is 0 Å². The van der Waals surface area contributed by atoms with Crippen LogP contribution in [0.1, 0.15) is 24.8 Å². The highest BCUT2D eigenvalue weighted by atomic mass is 16.4. The molecule has 0 fully saturated rings. The molecule has 4 heteroatoms. The van der Waals surface area contributed by atoms with E-state index in [-0.39, 0.29) is 0 Å². The first-order valence-corrected chi connectivity index (χ1v) is 5.74. The van der Waals surface area contributed by atoms with Crippen molar-refractivity contribution in [2.45, 2.75) is 25.3 Å². The number of aliphatic imine (C=N–C) groups is 1. The summed E-state index contributed by atoms with van der Waals surface area (Å²) in [5, 5.41) is 11.7. The highest BCUT2D eigenvalue weighted by molar-refractivity contribution is 5.88. The largest absolute Gasteiger partial charge is 0.480 e. The number of amidine groups is 1. The average molecular weight is 232 g/mol. The van der Waals surface area contributed by atoms with Crippen molar-refractivity contribution in [1.82, 2.24) is 5.32 Å². The molecule has 0 radical (unpaired) electrons. The molecule has 0 saturated carbocycles. The predicted octanol–water partition coefficient (Wildman–Crippen LogP) is 1.64. The number of rotatable bonds is 3. The molecule has 4 nitrogen and oxygen atoms in total. The summed E-state index contributed by atoms with van der Waals surface area (Å²) in [5.74, 6) is 0.323. The first kappa shape index (κ1) is 11.6. The normalized spacial score (nSPS) is 20.8. The fourth-order valence-electron chi connectivity index (χ4n) is 1.95. The van der Waals surface area contributed by atoms with Crippen molar-refractivity contribution in [3.05, 3.63) is 35.9 Å². The SMILES string of the molecule is CC(NC1=NCC(c2ccccc2)C1)C(=O)O. The third kappa shape index (κ3) is 2.84. The van der Waals surface area contributed by atoms with Gasteiger partial charge in [0.05, 0.1) is 5.84 Å². The van der Waals surface area contributed by atoms with Gasteiger partial charge < -0.3 is 10.4 Å². The molecule has 2 N–H and O–H groups in total. The van der Waals surface area contributed by atoms with Gasteiger partial charge in [0.1, 0.15) is 6.04 Å². The monoisotopic (exact) mass is 232 g/mol. The van der Waals surface area contributed by atoms with Crippen LogP contribution in [0.3, 0.4) is 0 Å². The van der Waals surface area contributed by atoms with Crippen LogP contribution in [0.5, 0.6) is 0 Å². The Labute approximate surface area is 100 Å². The Morgan fingerprint density at radius 3 is 2.82 bits per heavy atom. The number of carbonyl (C=O) groups is 1. The van der Waals surface area contributed by atoms with Crippen LogP contribution in [0.4, 0.5) is 0 Å². The van der Waals surface area contributed by atoms with Crippen molar-refractivity contribution in [3.8, 4) is 0 Å². The lowest BCUT2D eigenvalue weighted by Gasteiger charge is -2.12. The van der Waals surface area contributed by atoms with E-state index in [1.165, 1.54) is 5.56 Å². The Balaban J connectivity index is 1.93. The number of hydrogen-bond acceptors (Lipinski definition) is 3. The van der Waals surface area contributed by atoms with Crippen molar-refractivity contribution in [2.24, 2.45) is 4.99 Å². The van der Waals surface area contributed by atoms with Gasteiger partial charge in [0.2, 0.25) is 0 Å². The van der Waals surface area contributed by atoms with Gasteiger partial charge in [-0.25, -0.2) is 0 Å². The Hall–Kier alpha value is -1.84. The second-order valence-electron chi connectivity index (χ2n) is 4.30. The van der Waals surface area contributed by atoms with E-state index in [1.807, 2.05) is 18.2 Å². The number of hydrogen-bond donors (Lipinski definition) is 2. The number of carboxylic acids is 1. The molecular weight excluding hydrogens is 216 g/mol. The summed E-state index contributed by atoms with van der Waals surface area (Å²) in [4.78, 5) is 15.1. The first-order valence-electron chi connectivity index (χ1n) is 5.74. The van der Waals surface area contributed by atoms with E-state index in [1.54, 1.807) is 6.92 Å². The van der Waals surface area contributed by atoms with Crippen LogP contribution in [-0.2, 0) is 4.79 Å². The van der Waals surface area contributed by atoms with E-state index in [2.05, 4.69) is 22.4 Å². The summed E-state index contributed by atoms with van der Waals surface area (Å²) in [5.41, 5.74) is 1.26. The Kier molecular flexibility index (Phi) is 3.42. The zero-order valence-electron chi connectivity index (χ0n) is 9.76. The summed E-state index contributed by atoms with van der Waals surface area (Å²) in [6.45, 7) is 2.36. The standard InChI is InChI=1S/C13H16N2O2/c1-9(13(16)17)15-12-7-11(8-14-12)10-5-3-2-4-6-10/h2-6,9,11H,7-8H2,1H3,(H,14,15)(H,16,17). The highest BCUT2D eigenvalue weighted by Gasteiger charge is 2.22. The number of nitrogens with zero attached hydrogens (tertiary/aromatic N) is 1. The van der Waals surface area contributed by atoms with E-state index in [0.717, 1.165) is 18.8 Å². The van der Waals surface area contributed by atoms with Crippen LogP contribution in [0.2, 0.25) is 0 Å². The van der Waals surface area contributed by atoms with Gasteiger partial charge in [0, 0.05) is 18.9 Å². The Morgan fingerprint density at radius 1 is 1.47 bits per heavy atom. The summed E-state index contributed by atoms with van der Waals surface area (Å²) in [6, 6.07) is 9.61. The van der Waals surface area contributed by atoms with Crippen LogP contribution in [0.15, 0.2) is 35.3 Å². The maximum Gasteiger partial charge on any atom is 0.325 e. The fraction of sp³-hybridized carbons (Fsp3) is 0.385. The molecule has 0 amide bonds. The van der Waals surface area contributed by atoms with Crippen LogP contribution < -0.4 is 5.32 Å². The minimum atomic E-state index is -0.851. The van der Waals surface area contributed by atoms with Crippen molar-refractivity contribution >= 4 is 11.8 Å². The van der Waals surface area contributed by atoms with Crippen molar-refractivity contribution in [3.63, 3.8) is 0 Å². The summed E-state index contributed by atoms with van der Waals surface area (Å²) < 4.78 is 0. The molecule has 0 aromatic heterocycles. The molecular formula is C13H16N2O2. The maximum atomic E-state index is 10.7. The molecule has 1 aromatic carbocycles. The fourth-order valence-corrected chi connectivity index (χ4v) is 1.95. The van der Waals surface area contributed by atoms with E-state index < -0.39 is 12.0 Å². The maximum absolute atomic E-state index is 10.7. The molecule has 90 valence electrons. The first-order chi connectivity index (χ1) is 8.16. The topological polar surface area (TPSA) is 61.7 Å². The van der Waals surface area contributed by atoms with Gasteiger partial charge in [-0.3, -0.25) is 9.79 Å². The van der Waals surface area contributed by atoms with E-state index in [4.69, 9.17) is 5.11 Å². The molecule has 2 rings (SSSR count). The van der Waals surface area contributed by atoms with Gasteiger partial charge in [-0.05, 0) is 12.5 Å². The minimum absolute atomic E-state index is 0.375. The molecule has 1 aliphatic heterocycles. The third-order valence-electron chi connectivity index (χ3n) is 2.97. The molecule has 2 unspecified atom stereocenters. The van der Waals surface area contributed by atoms with Gasteiger partial charge >= 0.3 is 5.97 Å². The van der Waals surface area contributed by atoms with E-state index >= 15 is 0 Å². The lowest BCUT2D eigenvalue weighted by Crippen LogP contribution is -2.37.